The molecule has 0 amide bonds. The molecule has 1 aliphatic rings. The number of nitriles is 1. The highest BCUT2D eigenvalue weighted by atomic mass is 16.5. The van der Waals surface area contributed by atoms with Crippen molar-refractivity contribution in [2.75, 3.05) is 12.4 Å². The fraction of sp³-hybridized carbons (Fsp3) is 0.174. The molecule has 1 aliphatic carbocycles. The second-order valence-corrected chi connectivity index (χ2v) is 7.18. The van der Waals surface area contributed by atoms with Crippen LogP contribution in [0.25, 0.3) is 22.2 Å². The minimum atomic E-state index is 0.242. The van der Waals surface area contributed by atoms with Gasteiger partial charge in [0.1, 0.15) is 5.69 Å². The van der Waals surface area contributed by atoms with Crippen molar-refractivity contribution >= 4 is 16.6 Å². The Kier molecular flexibility index (Phi) is 4.14. The summed E-state index contributed by atoms with van der Waals surface area (Å²) >= 11 is 0. The number of pyridine rings is 1. The fourth-order valence-electron chi connectivity index (χ4n) is 4.03. The van der Waals surface area contributed by atoms with E-state index in [9.17, 15) is 0 Å². The summed E-state index contributed by atoms with van der Waals surface area (Å²) in [6, 6.07) is 18.5. The molecule has 4 aromatic rings. The molecule has 6 heteroatoms. The number of hydrogen-bond donors (Lipinski definition) is 2. The molecule has 1 atom stereocenters. The molecule has 0 radical (unpaired) electrons. The Labute approximate surface area is 168 Å². The van der Waals surface area contributed by atoms with Crippen LogP contribution in [0.15, 0.2) is 54.7 Å². The summed E-state index contributed by atoms with van der Waals surface area (Å²) in [5.41, 5.74) is 7.10. The highest BCUT2D eigenvalue weighted by Crippen LogP contribution is 2.36. The zero-order chi connectivity index (χ0) is 19.8. The summed E-state index contributed by atoms with van der Waals surface area (Å²) in [4.78, 5) is 4.17. The van der Waals surface area contributed by atoms with E-state index in [1.54, 1.807) is 13.3 Å². The lowest BCUT2D eigenvalue weighted by Gasteiger charge is -2.16. The average molecular weight is 381 g/mol. The van der Waals surface area contributed by atoms with Crippen LogP contribution in [0, 0.1) is 11.3 Å². The van der Waals surface area contributed by atoms with Crippen LogP contribution in [0.4, 0.5) is 5.69 Å². The van der Waals surface area contributed by atoms with Gasteiger partial charge in [0.15, 0.2) is 0 Å². The van der Waals surface area contributed by atoms with Crippen LogP contribution in [0.1, 0.15) is 29.2 Å². The maximum Gasteiger partial charge on any atom is 0.213 e. The number of nitrogens with one attached hydrogen (secondary N) is 2. The lowest BCUT2D eigenvalue weighted by Crippen LogP contribution is -2.06. The molecule has 6 nitrogen and oxygen atoms in total. The third-order valence-electron chi connectivity index (χ3n) is 5.47. The summed E-state index contributed by atoms with van der Waals surface area (Å²) in [6.07, 6.45) is 3.72. The van der Waals surface area contributed by atoms with Gasteiger partial charge >= 0.3 is 0 Å². The van der Waals surface area contributed by atoms with Crippen LogP contribution in [-0.4, -0.2) is 22.3 Å². The Bertz CT molecular complexity index is 1250. The van der Waals surface area contributed by atoms with Crippen molar-refractivity contribution in [3.05, 3.63) is 71.4 Å². The first-order chi connectivity index (χ1) is 14.2. The smallest absolute Gasteiger partial charge is 0.213 e. The topological polar surface area (TPSA) is 86.6 Å². The van der Waals surface area contributed by atoms with Crippen molar-refractivity contribution in [2.45, 2.75) is 18.9 Å². The van der Waals surface area contributed by atoms with Gasteiger partial charge < -0.3 is 10.1 Å². The largest absolute Gasteiger partial charge is 0.481 e. The molecule has 0 spiro atoms. The highest BCUT2D eigenvalue weighted by molar-refractivity contribution is 5.95. The van der Waals surface area contributed by atoms with E-state index in [0.29, 0.717) is 5.88 Å². The molecule has 0 saturated heterocycles. The van der Waals surface area contributed by atoms with Gasteiger partial charge in [-0.3, -0.25) is 5.10 Å². The van der Waals surface area contributed by atoms with E-state index in [4.69, 9.17) is 10.00 Å². The summed E-state index contributed by atoms with van der Waals surface area (Å²) < 4.78 is 5.25. The lowest BCUT2D eigenvalue weighted by atomic mass is 10.0. The molecule has 2 heterocycles. The zero-order valence-corrected chi connectivity index (χ0v) is 15.9. The maximum absolute atomic E-state index is 9.12. The summed E-state index contributed by atoms with van der Waals surface area (Å²) in [6.45, 7) is 0. The predicted octanol–water partition coefficient (Wildman–Crippen LogP) is 4.60. The molecular formula is C23H19N5O. The second kappa shape index (κ2) is 6.95. The van der Waals surface area contributed by atoms with E-state index in [-0.39, 0.29) is 6.04 Å². The van der Waals surface area contributed by atoms with E-state index < -0.39 is 0 Å². The number of aromatic nitrogens is 3. The molecule has 0 fully saturated rings. The maximum atomic E-state index is 9.12. The Morgan fingerprint density at radius 1 is 1.17 bits per heavy atom. The first kappa shape index (κ1) is 17.3. The van der Waals surface area contributed by atoms with Crippen LogP contribution in [0.2, 0.25) is 0 Å². The van der Waals surface area contributed by atoms with Gasteiger partial charge in [0, 0.05) is 28.9 Å². The molecule has 0 bridgehead atoms. The van der Waals surface area contributed by atoms with Crippen LogP contribution in [0.3, 0.4) is 0 Å². The van der Waals surface area contributed by atoms with Gasteiger partial charge in [-0.05, 0) is 60.4 Å². The van der Waals surface area contributed by atoms with Crippen LogP contribution in [-0.2, 0) is 6.42 Å². The summed E-state index contributed by atoms with van der Waals surface area (Å²) in [7, 11) is 1.61. The van der Waals surface area contributed by atoms with Gasteiger partial charge in [-0.15, -0.1) is 0 Å². The Balaban J connectivity index is 1.48. The standard InChI is InChI=1S/C23H19N5O/c1-29-22-11-16(8-9-25-22)23-19-12-17(4-7-21(19)27-28-23)26-20-6-3-15-10-14(13-24)2-5-18(15)20/h2,4-5,7-12,20,26H,3,6H2,1H3,(H,27,28)/t20-/m0/s1. The van der Waals surface area contributed by atoms with E-state index >= 15 is 0 Å². The number of methoxy groups -OCH3 is 1. The Hall–Kier alpha value is -3.85. The molecule has 2 N–H and O–H groups in total. The van der Waals surface area contributed by atoms with Gasteiger partial charge in [-0.1, -0.05) is 6.07 Å². The second-order valence-electron chi connectivity index (χ2n) is 7.18. The van der Waals surface area contributed by atoms with Gasteiger partial charge in [0.05, 0.1) is 30.3 Å². The normalized spacial score (nSPS) is 15.1. The number of nitrogens with zero attached hydrogens (tertiary/aromatic N) is 3. The SMILES string of the molecule is COc1cc(-c2n[nH]c3ccc(N[C@H]4CCc5cc(C#N)ccc54)cc23)ccn1. The van der Waals surface area contributed by atoms with Crippen molar-refractivity contribution < 1.29 is 4.74 Å². The quantitative estimate of drug-likeness (QED) is 0.539. The Morgan fingerprint density at radius 3 is 2.97 bits per heavy atom. The van der Waals surface area contributed by atoms with Gasteiger partial charge in [0.25, 0.3) is 0 Å². The van der Waals surface area contributed by atoms with Gasteiger partial charge in [0.2, 0.25) is 5.88 Å². The van der Waals surface area contributed by atoms with Crippen LogP contribution >= 0.6 is 0 Å². The van der Waals surface area contributed by atoms with Crippen LogP contribution < -0.4 is 10.1 Å². The highest BCUT2D eigenvalue weighted by Gasteiger charge is 2.23. The first-order valence-electron chi connectivity index (χ1n) is 9.53. The minimum absolute atomic E-state index is 0.242. The number of aryl methyl sites for hydroxylation is 1. The van der Waals surface area contributed by atoms with Crippen molar-refractivity contribution in [2.24, 2.45) is 0 Å². The van der Waals surface area contributed by atoms with Gasteiger partial charge in [-0.25, -0.2) is 4.98 Å². The first-order valence-corrected chi connectivity index (χ1v) is 9.53. The number of aromatic amines is 1. The van der Waals surface area contributed by atoms with E-state index in [1.807, 2.05) is 30.3 Å². The van der Waals surface area contributed by atoms with E-state index in [2.05, 4.69) is 44.8 Å². The van der Waals surface area contributed by atoms with Crippen LogP contribution in [0.5, 0.6) is 5.88 Å². The number of rotatable bonds is 4. The number of benzene rings is 2. The zero-order valence-electron chi connectivity index (χ0n) is 15.9. The molecule has 142 valence electrons. The molecule has 29 heavy (non-hydrogen) atoms. The van der Waals surface area contributed by atoms with Crippen molar-refractivity contribution in [3.8, 4) is 23.2 Å². The Morgan fingerprint density at radius 2 is 2.10 bits per heavy atom. The fourth-order valence-corrected chi connectivity index (χ4v) is 4.03. The third-order valence-corrected chi connectivity index (χ3v) is 5.47. The monoisotopic (exact) mass is 381 g/mol. The van der Waals surface area contributed by atoms with Crippen molar-refractivity contribution in [1.29, 1.82) is 5.26 Å². The molecule has 2 aromatic carbocycles. The van der Waals surface area contributed by atoms with Crippen molar-refractivity contribution in [3.63, 3.8) is 0 Å². The molecule has 0 saturated carbocycles. The lowest BCUT2D eigenvalue weighted by molar-refractivity contribution is 0.398. The summed E-state index contributed by atoms with van der Waals surface area (Å²) in [5.74, 6) is 0.562. The average Bonchev–Trinajstić information content (AvgIpc) is 3.37. The van der Waals surface area contributed by atoms with E-state index in [1.165, 1.54) is 11.1 Å². The number of fused-ring (bicyclic) bond motifs is 2. The molecule has 5 rings (SSSR count). The number of hydrogen-bond acceptors (Lipinski definition) is 5. The predicted molar refractivity (Wildman–Crippen MR) is 112 cm³/mol. The molecule has 2 aromatic heterocycles. The third kappa shape index (κ3) is 3.07. The minimum Gasteiger partial charge on any atom is -0.481 e. The number of H-pyrrole nitrogens is 1. The van der Waals surface area contributed by atoms with Gasteiger partial charge in [-0.2, -0.15) is 10.4 Å². The summed E-state index contributed by atoms with van der Waals surface area (Å²) in [5, 5.41) is 21.4. The number of ether oxygens (including phenoxy) is 1. The van der Waals surface area contributed by atoms with Crippen molar-refractivity contribution in [1.82, 2.24) is 15.2 Å². The molecule has 0 unspecified atom stereocenters. The molecule has 0 aliphatic heterocycles. The molecular weight excluding hydrogens is 362 g/mol. The van der Waals surface area contributed by atoms with E-state index in [0.717, 1.165) is 46.3 Å². The number of anilines is 1.